The number of carboxylic acid groups (broad SMARTS) is 1. The Kier molecular flexibility index (Phi) is 3.66. The van der Waals surface area contributed by atoms with Gasteiger partial charge in [0, 0.05) is 37.6 Å². The van der Waals surface area contributed by atoms with Crippen molar-refractivity contribution >= 4 is 17.6 Å². The van der Waals surface area contributed by atoms with E-state index in [1.807, 2.05) is 19.2 Å². The first kappa shape index (κ1) is 14.3. The van der Waals surface area contributed by atoms with Crippen molar-refractivity contribution < 1.29 is 14.7 Å². The highest BCUT2D eigenvalue weighted by atomic mass is 16.4. The summed E-state index contributed by atoms with van der Waals surface area (Å²) in [6.07, 6.45) is 2.62. The quantitative estimate of drug-likeness (QED) is 0.929. The van der Waals surface area contributed by atoms with Crippen molar-refractivity contribution in [2.45, 2.75) is 18.8 Å². The minimum Gasteiger partial charge on any atom is -0.481 e. The van der Waals surface area contributed by atoms with Crippen LogP contribution >= 0.6 is 0 Å². The molecule has 1 aliphatic rings. The zero-order chi connectivity index (χ0) is 15.7. The van der Waals surface area contributed by atoms with E-state index < -0.39 is 11.9 Å². The summed E-state index contributed by atoms with van der Waals surface area (Å²) in [6.45, 7) is 0.207. The monoisotopic (exact) mass is 299 g/mol. The van der Waals surface area contributed by atoms with Gasteiger partial charge in [-0.05, 0) is 24.1 Å². The average Bonchev–Trinajstić information content (AvgIpc) is 3.08. The molecule has 1 aromatic heterocycles. The smallest absolute Gasteiger partial charge is 0.312 e. The van der Waals surface area contributed by atoms with E-state index in [1.165, 1.54) is 0 Å². The molecule has 0 saturated heterocycles. The summed E-state index contributed by atoms with van der Waals surface area (Å²) >= 11 is 0. The molecule has 0 saturated carbocycles. The van der Waals surface area contributed by atoms with Crippen LogP contribution in [0, 0.1) is 0 Å². The van der Waals surface area contributed by atoms with Crippen LogP contribution in [0.4, 0.5) is 5.69 Å². The van der Waals surface area contributed by atoms with Crippen LogP contribution in [0.5, 0.6) is 0 Å². The summed E-state index contributed by atoms with van der Waals surface area (Å²) < 4.78 is 1.74. The van der Waals surface area contributed by atoms with E-state index in [0.29, 0.717) is 24.1 Å². The number of para-hydroxylation sites is 1. The molecule has 6 nitrogen and oxygen atoms in total. The first-order valence-electron chi connectivity index (χ1n) is 7.17. The number of carboxylic acids is 1. The number of hydrogen-bond acceptors (Lipinski definition) is 3. The molecule has 1 aromatic carbocycles. The summed E-state index contributed by atoms with van der Waals surface area (Å²) in [5.74, 6) is -1.59. The fraction of sp³-hybridized carbons (Fsp3) is 0.312. The molecule has 0 aliphatic carbocycles. The molecule has 6 heteroatoms. The number of hydrogen-bond donors (Lipinski definition) is 1. The van der Waals surface area contributed by atoms with E-state index in [0.717, 1.165) is 5.69 Å². The van der Waals surface area contributed by atoms with Gasteiger partial charge in [-0.25, -0.2) is 0 Å². The lowest BCUT2D eigenvalue weighted by atomic mass is 10.0. The van der Waals surface area contributed by atoms with E-state index in [-0.39, 0.29) is 12.5 Å². The predicted octanol–water partition coefficient (Wildman–Crippen LogP) is 1.57. The molecule has 2 aromatic rings. The van der Waals surface area contributed by atoms with Gasteiger partial charge in [0.05, 0.1) is 0 Å². The molecule has 0 spiro atoms. The number of carbonyl (C=O) groups excluding carboxylic acids is 1. The standard InChI is InChI=1S/C16H17N3O3/c1-18-11(8-9-17-18)6-7-15(20)19-10-13(16(21)22)12-4-2-3-5-14(12)19/h2-5,8-9,13H,6-7,10H2,1H3,(H,21,22)/t13-/m0/s1. The Morgan fingerprint density at radius 2 is 2.09 bits per heavy atom. The van der Waals surface area contributed by atoms with Crippen molar-refractivity contribution in [1.29, 1.82) is 0 Å². The van der Waals surface area contributed by atoms with Crippen molar-refractivity contribution in [2.75, 3.05) is 11.4 Å². The maximum Gasteiger partial charge on any atom is 0.312 e. The van der Waals surface area contributed by atoms with Gasteiger partial charge in [0.1, 0.15) is 5.92 Å². The van der Waals surface area contributed by atoms with Gasteiger partial charge in [-0.2, -0.15) is 5.10 Å². The highest BCUT2D eigenvalue weighted by Gasteiger charge is 2.35. The summed E-state index contributed by atoms with van der Waals surface area (Å²) in [5.41, 5.74) is 2.41. The molecule has 3 rings (SSSR count). The van der Waals surface area contributed by atoms with Gasteiger partial charge in [0.2, 0.25) is 5.91 Å². The molecular weight excluding hydrogens is 282 g/mol. The van der Waals surface area contributed by atoms with Crippen LogP contribution < -0.4 is 4.90 Å². The summed E-state index contributed by atoms with van der Waals surface area (Å²) in [6, 6.07) is 9.09. The minimum atomic E-state index is -0.894. The second kappa shape index (κ2) is 5.63. The maximum absolute atomic E-state index is 12.5. The van der Waals surface area contributed by atoms with Crippen molar-refractivity contribution in [3.05, 3.63) is 47.8 Å². The van der Waals surface area contributed by atoms with Gasteiger partial charge in [0.25, 0.3) is 0 Å². The van der Waals surface area contributed by atoms with Crippen LogP contribution in [0.2, 0.25) is 0 Å². The van der Waals surface area contributed by atoms with Gasteiger partial charge in [-0.15, -0.1) is 0 Å². The number of rotatable bonds is 4. The number of amides is 1. The van der Waals surface area contributed by atoms with Crippen LogP contribution in [0.3, 0.4) is 0 Å². The molecule has 1 N–H and O–H groups in total. The third-order valence-corrected chi connectivity index (χ3v) is 4.08. The van der Waals surface area contributed by atoms with Gasteiger partial charge < -0.3 is 10.0 Å². The number of aryl methyl sites for hydroxylation is 2. The van der Waals surface area contributed by atoms with Crippen LogP contribution in [0.25, 0.3) is 0 Å². The van der Waals surface area contributed by atoms with E-state index in [2.05, 4.69) is 5.10 Å². The lowest BCUT2D eigenvalue weighted by molar-refractivity contribution is -0.138. The number of carbonyl (C=O) groups is 2. The Morgan fingerprint density at radius 3 is 2.77 bits per heavy atom. The fourth-order valence-electron chi connectivity index (χ4n) is 2.87. The largest absolute Gasteiger partial charge is 0.481 e. The Balaban J connectivity index is 1.76. The van der Waals surface area contributed by atoms with Crippen molar-refractivity contribution in [1.82, 2.24) is 9.78 Å². The SMILES string of the molecule is Cn1nccc1CCC(=O)N1C[C@H](C(=O)O)c2ccccc21. The first-order valence-corrected chi connectivity index (χ1v) is 7.17. The minimum absolute atomic E-state index is 0.0580. The number of fused-ring (bicyclic) bond motifs is 1. The molecule has 1 atom stereocenters. The Morgan fingerprint density at radius 1 is 1.32 bits per heavy atom. The average molecular weight is 299 g/mol. The van der Waals surface area contributed by atoms with E-state index in [9.17, 15) is 14.7 Å². The zero-order valence-corrected chi connectivity index (χ0v) is 12.3. The lowest BCUT2D eigenvalue weighted by Gasteiger charge is -2.17. The number of anilines is 1. The zero-order valence-electron chi connectivity index (χ0n) is 12.3. The lowest BCUT2D eigenvalue weighted by Crippen LogP contribution is -2.31. The number of nitrogens with zero attached hydrogens (tertiary/aromatic N) is 3. The molecule has 1 aliphatic heterocycles. The topological polar surface area (TPSA) is 75.4 Å². The molecule has 0 radical (unpaired) electrons. The summed E-state index contributed by atoms with van der Waals surface area (Å²) in [7, 11) is 1.84. The first-order chi connectivity index (χ1) is 10.6. The molecule has 22 heavy (non-hydrogen) atoms. The number of aromatic nitrogens is 2. The Labute approximate surface area is 128 Å². The van der Waals surface area contributed by atoms with Crippen molar-refractivity contribution in [3.8, 4) is 0 Å². The highest BCUT2D eigenvalue weighted by molar-refractivity contribution is 5.99. The molecule has 0 bridgehead atoms. The fourth-order valence-corrected chi connectivity index (χ4v) is 2.87. The Hall–Kier alpha value is -2.63. The van der Waals surface area contributed by atoms with Crippen molar-refractivity contribution in [3.63, 3.8) is 0 Å². The predicted molar refractivity (Wildman–Crippen MR) is 80.7 cm³/mol. The molecule has 1 amide bonds. The van der Waals surface area contributed by atoms with E-state index in [1.54, 1.807) is 34.0 Å². The van der Waals surface area contributed by atoms with E-state index in [4.69, 9.17) is 0 Å². The van der Waals surface area contributed by atoms with Crippen LogP contribution in [-0.4, -0.2) is 33.3 Å². The molecule has 0 fully saturated rings. The van der Waals surface area contributed by atoms with Crippen LogP contribution in [-0.2, 0) is 23.1 Å². The number of aliphatic carboxylic acids is 1. The number of benzene rings is 1. The van der Waals surface area contributed by atoms with Gasteiger partial charge >= 0.3 is 5.97 Å². The normalized spacial score (nSPS) is 16.6. The van der Waals surface area contributed by atoms with Gasteiger partial charge in [-0.1, -0.05) is 18.2 Å². The Bertz CT molecular complexity index is 723. The van der Waals surface area contributed by atoms with Crippen molar-refractivity contribution in [2.24, 2.45) is 7.05 Å². The molecule has 2 heterocycles. The molecule has 114 valence electrons. The molecule has 0 unspecified atom stereocenters. The van der Waals surface area contributed by atoms with Gasteiger partial charge in [-0.3, -0.25) is 14.3 Å². The second-order valence-electron chi connectivity index (χ2n) is 5.40. The molecular formula is C16H17N3O3. The summed E-state index contributed by atoms with van der Waals surface area (Å²) in [5, 5.41) is 13.4. The van der Waals surface area contributed by atoms with Crippen LogP contribution in [0.15, 0.2) is 36.5 Å². The summed E-state index contributed by atoms with van der Waals surface area (Å²) in [4.78, 5) is 25.4. The van der Waals surface area contributed by atoms with Crippen LogP contribution in [0.1, 0.15) is 23.6 Å². The third kappa shape index (κ3) is 2.47. The van der Waals surface area contributed by atoms with Gasteiger partial charge in [0.15, 0.2) is 0 Å². The third-order valence-electron chi connectivity index (χ3n) is 4.08. The highest BCUT2D eigenvalue weighted by Crippen LogP contribution is 2.36. The van der Waals surface area contributed by atoms with E-state index >= 15 is 0 Å². The maximum atomic E-state index is 12.5. The second-order valence-corrected chi connectivity index (χ2v) is 5.40.